The molecule has 86 valence electrons. The number of sulfone groups is 1. The van der Waals surface area contributed by atoms with Gasteiger partial charge in [-0.3, -0.25) is 0 Å². The summed E-state index contributed by atoms with van der Waals surface area (Å²) in [4.78, 5) is 0. The van der Waals surface area contributed by atoms with Crippen molar-refractivity contribution in [2.75, 3.05) is 36.1 Å². The van der Waals surface area contributed by atoms with Crippen molar-refractivity contribution < 1.29 is 8.42 Å². The van der Waals surface area contributed by atoms with Gasteiger partial charge < -0.3 is 5.32 Å². The molecule has 0 heterocycles. The highest BCUT2D eigenvalue weighted by Gasteiger charge is 2.05. The molecule has 0 aliphatic heterocycles. The first-order valence-electron chi connectivity index (χ1n) is 5.11. The third kappa shape index (κ3) is 8.84. The van der Waals surface area contributed by atoms with Crippen LogP contribution in [0.3, 0.4) is 0 Å². The van der Waals surface area contributed by atoms with Gasteiger partial charge in [-0.2, -0.15) is 11.8 Å². The zero-order valence-corrected chi connectivity index (χ0v) is 10.7. The molecule has 0 radical (unpaired) electrons. The van der Waals surface area contributed by atoms with E-state index in [4.69, 9.17) is 0 Å². The summed E-state index contributed by atoms with van der Waals surface area (Å²) < 4.78 is 22.2. The molecule has 0 aromatic rings. The van der Waals surface area contributed by atoms with Gasteiger partial charge in [-0.05, 0) is 24.5 Å². The second-order valence-corrected chi connectivity index (χ2v) is 6.90. The van der Waals surface area contributed by atoms with Crippen LogP contribution in [0.25, 0.3) is 0 Å². The molecule has 1 N–H and O–H groups in total. The molecule has 0 unspecified atom stereocenters. The van der Waals surface area contributed by atoms with Crippen LogP contribution in [0.2, 0.25) is 0 Å². The molecule has 0 bridgehead atoms. The first-order chi connectivity index (χ1) is 6.62. The van der Waals surface area contributed by atoms with Gasteiger partial charge in [0.05, 0.1) is 5.75 Å². The van der Waals surface area contributed by atoms with Crippen LogP contribution in [0.5, 0.6) is 0 Å². The summed E-state index contributed by atoms with van der Waals surface area (Å²) in [5, 5.41) is 3.14. The lowest BCUT2D eigenvalue weighted by Gasteiger charge is -2.04. The van der Waals surface area contributed by atoms with Crippen LogP contribution in [0.4, 0.5) is 0 Å². The van der Waals surface area contributed by atoms with E-state index in [1.165, 1.54) is 0 Å². The summed E-state index contributed by atoms with van der Waals surface area (Å²) in [6.45, 7) is 5.35. The Hall–Kier alpha value is 0.260. The van der Waals surface area contributed by atoms with Gasteiger partial charge in [0.1, 0.15) is 0 Å². The van der Waals surface area contributed by atoms with Crippen LogP contribution < -0.4 is 5.32 Å². The van der Waals surface area contributed by atoms with Crippen molar-refractivity contribution in [2.24, 2.45) is 0 Å². The zero-order chi connectivity index (χ0) is 10.9. The maximum atomic E-state index is 11.1. The van der Waals surface area contributed by atoms with Crippen molar-refractivity contribution in [3.8, 4) is 0 Å². The van der Waals surface area contributed by atoms with Gasteiger partial charge in [0, 0.05) is 12.3 Å². The number of nitrogens with one attached hydrogen (secondary N) is 1. The predicted octanol–water partition coefficient (Wildman–Crippen LogP) is 1.15. The van der Waals surface area contributed by atoms with Crippen molar-refractivity contribution in [2.45, 2.75) is 20.3 Å². The van der Waals surface area contributed by atoms with Gasteiger partial charge in [-0.1, -0.05) is 13.8 Å². The lowest BCUT2D eigenvalue weighted by molar-refractivity contribution is 0.591. The fourth-order valence-corrected chi connectivity index (χ4v) is 2.32. The molecule has 0 saturated carbocycles. The standard InChI is InChI=1S/C9H21NO2S2/c1-3-13-8-5-6-10-7-9-14(11,12)4-2/h10H,3-9H2,1-2H3. The third-order valence-electron chi connectivity index (χ3n) is 1.88. The summed E-state index contributed by atoms with van der Waals surface area (Å²) in [5.74, 6) is 2.83. The monoisotopic (exact) mass is 239 g/mol. The Morgan fingerprint density at radius 3 is 2.50 bits per heavy atom. The normalized spacial score (nSPS) is 11.9. The van der Waals surface area contributed by atoms with E-state index in [0.29, 0.717) is 6.54 Å². The third-order valence-corrected chi connectivity index (χ3v) is 4.57. The first kappa shape index (κ1) is 14.3. The highest BCUT2D eigenvalue weighted by Crippen LogP contribution is 1.99. The fraction of sp³-hybridized carbons (Fsp3) is 1.00. The minimum absolute atomic E-state index is 0.250. The van der Waals surface area contributed by atoms with Crippen LogP contribution in [0, 0.1) is 0 Å². The van der Waals surface area contributed by atoms with E-state index >= 15 is 0 Å². The molecular formula is C9H21NO2S2. The highest BCUT2D eigenvalue weighted by atomic mass is 32.2. The molecule has 0 atom stereocenters. The predicted molar refractivity (Wildman–Crippen MR) is 64.8 cm³/mol. The summed E-state index contributed by atoms with van der Waals surface area (Å²) in [6, 6.07) is 0. The molecule has 0 aromatic heterocycles. The number of thioether (sulfide) groups is 1. The van der Waals surface area contributed by atoms with Crippen LogP contribution in [0.15, 0.2) is 0 Å². The summed E-state index contributed by atoms with van der Waals surface area (Å²) in [5.41, 5.74) is 0. The van der Waals surface area contributed by atoms with E-state index in [1.54, 1.807) is 6.92 Å². The Morgan fingerprint density at radius 1 is 1.21 bits per heavy atom. The lowest BCUT2D eigenvalue weighted by Crippen LogP contribution is -2.25. The SMILES string of the molecule is CCSCCCNCCS(=O)(=O)CC. The topological polar surface area (TPSA) is 46.2 Å². The summed E-state index contributed by atoms with van der Waals surface area (Å²) in [6.07, 6.45) is 1.12. The van der Waals surface area contributed by atoms with E-state index in [1.807, 2.05) is 11.8 Å². The maximum Gasteiger partial charge on any atom is 0.151 e. The van der Waals surface area contributed by atoms with E-state index in [-0.39, 0.29) is 11.5 Å². The number of hydrogen-bond acceptors (Lipinski definition) is 4. The van der Waals surface area contributed by atoms with Crippen LogP contribution in [-0.2, 0) is 9.84 Å². The van der Waals surface area contributed by atoms with Gasteiger partial charge in [0.2, 0.25) is 0 Å². The van der Waals surface area contributed by atoms with Crippen molar-refractivity contribution in [1.29, 1.82) is 0 Å². The molecule has 0 aliphatic rings. The quantitative estimate of drug-likeness (QED) is 0.613. The Kier molecular flexibility index (Phi) is 8.72. The molecule has 0 aromatic carbocycles. The molecule has 3 nitrogen and oxygen atoms in total. The van der Waals surface area contributed by atoms with Gasteiger partial charge in [-0.15, -0.1) is 0 Å². The largest absolute Gasteiger partial charge is 0.316 e. The van der Waals surface area contributed by atoms with Gasteiger partial charge in [-0.25, -0.2) is 8.42 Å². The smallest absolute Gasteiger partial charge is 0.151 e. The van der Waals surface area contributed by atoms with E-state index < -0.39 is 9.84 Å². The fourth-order valence-electron chi connectivity index (χ4n) is 0.941. The molecule has 5 heteroatoms. The molecule has 0 amide bonds. The maximum absolute atomic E-state index is 11.1. The molecule has 0 fully saturated rings. The first-order valence-corrected chi connectivity index (χ1v) is 8.09. The van der Waals surface area contributed by atoms with E-state index in [2.05, 4.69) is 12.2 Å². The van der Waals surface area contributed by atoms with E-state index in [9.17, 15) is 8.42 Å². The Balaban J connectivity index is 3.22. The van der Waals surface area contributed by atoms with Crippen molar-refractivity contribution >= 4 is 21.6 Å². The second-order valence-electron chi connectivity index (χ2n) is 3.04. The molecule has 0 rings (SSSR count). The van der Waals surface area contributed by atoms with Crippen molar-refractivity contribution in [1.82, 2.24) is 5.32 Å². The average Bonchev–Trinajstić information content (AvgIpc) is 2.16. The van der Waals surface area contributed by atoms with Crippen molar-refractivity contribution in [3.63, 3.8) is 0 Å². The minimum atomic E-state index is -2.78. The lowest BCUT2D eigenvalue weighted by atomic mass is 10.5. The molecule has 14 heavy (non-hydrogen) atoms. The number of hydrogen-bond donors (Lipinski definition) is 1. The number of rotatable bonds is 9. The van der Waals surface area contributed by atoms with Gasteiger partial charge in [0.25, 0.3) is 0 Å². The molecule has 0 saturated heterocycles. The van der Waals surface area contributed by atoms with Crippen LogP contribution >= 0.6 is 11.8 Å². The average molecular weight is 239 g/mol. The summed E-state index contributed by atoms with van der Waals surface area (Å²) in [7, 11) is -2.78. The van der Waals surface area contributed by atoms with Gasteiger partial charge in [0.15, 0.2) is 9.84 Å². The van der Waals surface area contributed by atoms with Crippen LogP contribution in [-0.4, -0.2) is 44.5 Å². The van der Waals surface area contributed by atoms with E-state index in [0.717, 1.165) is 24.5 Å². The summed E-state index contributed by atoms with van der Waals surface area (Å²) >= 11 is 1.92. The minimum Gasteiger partial charge on any atom is -0.316 e. The highest BCUT2D eigenvalue weighted by molar-refractivity contribution is 7.99. The van der Waals surface area contributed by atoms with Gasteiger partial charge >= 0.3 is 0 Å². The Morgan fingerprint density at radius 2 is 1.93 bits per heavy atom. The Bertz CT molecular complexity index is 215. The molecular weight excluding hydrogens is 218 g/mol. The second kappa shape index (κ2) is 8.56. The van der Waals surface area contributed by atoms with Crippen LogP contribution in [0.1, 0.15) is 20.3 Å². The molecule has 0 spiro atoms. The zero-order valence-electron chi connectivity index (χ0n) is 9.08. The Labute approximate surface area is 92.0 Å². The van der Waals surface area contributed by atoms with Crippen molar-refractivity contribution in [3.05, 3.63) is 0 Å². The molecule has 0 aliphatic carbocycles.